The highest BCUT2D eigenvalue weighted by Crippen LogP contribution is 2.37. The number of benzene rings is 2. The Kier molecular flexibility index (Phi) is 4.86. The average Bonchev–Trinajstić information content (AvgIpc) is 2.99. The topological polar surface area (TPSA) is 111 Å². The normalized spacial score (nSPS) is 20.5. The number of amides is 3. The maximum atomic E-state index is 13.3. The van der Waals surface area contributed by atoms with E-state index in [4.69, 9.17) is 9.47 Å². The molecule has 1 fully saturated rings. The zero-order valence-corrected chi connectivity index (χ0v) is 16.0. The fourth-order valence-electron chi connectivity index (χ4n) is 3.82. The second-order valence-electron chi connectivity index (χ2n) is 7.05. The van der Waals surface area contributed by atoms with E-state index in [0.717, 1.165) is 4.90 Å². The fraction of sp³-hybridized carbons (Fsp3) is 0.300. The summed E-state index contributed by atoms with van der Waals surface area (Å²) in [5.41, 5.74) is -0.270. The summed E-state index contributed by atoms with van der Waals surface area (Å²) in [6.07, 6.45) is 0.247. The second-order valence-corrected chi connectivity index (χ2v) is 7.05. The first kappa shape index (κ1) is 19.8. The zero-order chi connectivity index (χ0) is 21.5. The number of fused-ring (bicyclic) bond motifs is 1. The molecule has 4 rings (SSSR count). The summed E-state index contributed by atoms with van der Waals surface area (Å²) in [5.74, 6) is -0.613. The predicted octanol–water partition coefficient (Wildman–Crippen LogP) is 2.96. The Hall–Kier alpha value is -3.53. The highest BCUT2D eigenvalue weighted by atomic mass is 19.1. The van der Waals surface area contributed by atoms with Crippen molar-refractivity contribution in [1.82, 2.24) is 10.2 Å². The monoisotopic (exact) mass is 415 g/mol. The van der Waals surface area contributed by atoms with Crippen molar-refractivity contribution in [3.05, 3.63) is 69.0 Å². The average molecular weight is 415 g/mol. The third kappa shape index (κ3) is 3.14. The highest BCUT2D eigenvalue weighted by molar-refractivity contribution is 6.07. The third-order valence-corrected chi connectivity index (χ3v) is 5.35. The number of carbonyl (C=O) groups excluding carboxylic acids is 2. The van der Waals surface area contributed by atoms with E-state index in [0.29, 0.717) is 22.4 Å². The largest absolute Gasteiger partial charge is 0.467 e. The number of urea groups is 1. The number of nitrogens with zero attached hydrogens (tertiary/aromatic N) is 2. The Balaban J connectivity index is 1.71. The maximum absolute atomic E-state index is 13.3. The van der Waals surface area contributed by atoms with E-state index in [1.807, 2.05) is 0 Å². The molecule has 2 heterocycles. The highest BCUT2D eigenvalue weighted by Gasteiger charge is 2.51. The zero-order valence-electron chi connectivity index (χ0n) is 16.0. The number of hydrogen-bond acceptors (Lipinski definition) is 6. The van der Waals surface area contributed by atoms with Crippen LogP contribution in [0.5, 0.6) is 5.75 Å². The summed E-state index contributed by atoms with van der Waals surface area (Å²) < 4.78 is 24.0. The number of carbonyl (C=O) groups is 2. The fourth-order valence-corrected chi connectivity index (χ4v) is 3.82. The van der Waals surface area contributed by atoms with Gasteiger partial charge in [-0.05, 0) is 24.1 Å². The molecule has 10 heteroatoms. The van der Waals surface area contributed by atoms with E-state index in [1.54, 1.807) is 6.92 Å². The van der Waals surface area contributed by atoms with Crippen LogP contribution in [0.2, 0.25) is 0 Å². The van der Waals surface area contributed by atoms with Crippen molar-refractivity contribution in [2.24, 2.45) is 0 Å². The van der Waals surface area contributed by atoms with E-state index in [9.17, 15) is 24.1 Å². The molecule has 0 aliphatic carbocycles. The standard InChI is InChI=1S/C20H18FN3O6/c1-2-20(14-3-5-15(21)6-4-14)18(25)23(19(26)22-20)9-12-7-16(24(27)28)8-13-10-29-11-30-17(12)13/h3-8H,2,9-11H2,1H3,(H,22,26)/t20-/m0/s1. The van der Waals surface area contributed by atoms with Crippen LogP contribution in [-0.2, 0) is 28.2 Å². The van der Waals surface area contributed by atoms with Gasteiger partial charge in [0.1, 0.15) is 17.1 Å². The Labute approximate surface area is 170 Å². The number of hydrogen-bond donors (Lipinski definition) is 1. The minimum absolute atomic E-state index is 0.0353. The summed E-state index contributed by atoms with van der Waals surface area (Å²) in [4.78, 5) is 37.7. The maximum Gasteiger partial charge on any atom is 0.325 e. The summed E-state index contributed by atoms with van der Waals surface area (Å²) >= 11 is 0. The molecule has 1 atom stereocenters. The van der Waals surface area contributed by atoms with Gasteiger partial charge in [-0.15, -0.1) is 0 Å². The van der Waals surface area contributed by atoms with Gasteiger partial charge in [-0.1, -0.05) is 19.1 Å². The molecular weight excluding hydrogens is 397 g/mol. The molecule has 0 spiro atoms. The van der Waals surface area contributed by atoms with Gasteiger partial charge < -0.3 is 14.8 Å². The predicted molar refractivity (Wildman–Crippen MR) is 101 cm³/mol. The van der Waals surface area contributed by atoms with Gasteiger partial charge in [0, 0.05) is 23.3 Å². The van der Waals surface area contributed by atoms with Crippen LogP contribution in [0.1, 0.15) is 30.0 Å². The summed E-state index contributed by atoms with van der Waals surface area (Å²) in [6, 6.07) is 7.34. The minimum atomic E-state index is -1.34. The third-order valence-electron chi connectivity index (χ3n) is 5.35. The van der Waals surface area contributed by atoms with Crippen LogP contribution in [0.3, 0.4) is 0 Å². The molecule has 9 nitrogen and oxygen atoms in total. The van der Waals surface area contributed by atoms with Crippen molar-refractivity contribution in [1.29, 1.82) is 0 Å². The van der Waals surface area contributed by atoms with Crippen molar-refractivity contribution in [2.75, 3.05) is 6.79 Å². The van der Waals surface area contributed by atoms with Gasteiger partial charge in [-0.25, -0.2) is 9.18 Å². The Bertz CT molecular complexity index is 1040. The van der Waals surface area contributed by atoms with Crippen molar-refractivity contribution >= 4 is 17.6 Å². The summed E-state index contributed by atoms with van der Waals surface area (Å²) in [6.45, 7) is 1.61. The van der Waals surface area contributed by atoms with E-state index in [-0.39, 0.29) is 32.1 Å². The number of nitro benzene ring substituents is 1. The van der Waals surface area contributed by atoms with Crippen molar-refractivity contribution < 1.29 is 28.4 Å². The molecule has 2 aliphatic rings. The lowest BCUT2D eigenvalue weighted by Crippen LogP contribution is -2.43. The molecule has 30 heavy (non-hydrogen) atoms. The second kappa shape index (κ2) is 7.38. The van der Waals surface area contributed by atoms with Crippen molar-refractivity contribution in [3.8, 4) is 5.75 Å². The number of ether oxygens (including phenoxy) is 2. The molecule has 1 saturated heterocycles. The molecule has 0 radical (unpaired) electrons. The number of rotatable bonds is 5. The van der Waals surface area contributed by atoms with E-state index in [1.165, 1.54) is 36.4 Å². The first-order chi connectivity index (χ1) is 14.4. The van der Waals surface area contributed by atoms with E-state index >= 15 is 0 Å². The minimum Gasteiger partial charge on any atom is -0.467 e. The molecule has 0 aromatic heterocycles. The first-order valence-electron chi connectivity index (χ1n) is 9.26. The van der Waals surface area contributed by atoms with Crippen LogP contribution in [-0.4, -0.2) is 28.6 Å². The Morgan fingerprint density at radius 3 is 2.67 bits per heavy atom. The SMILES string of the molecule is CC[C@@]1(c2ccc(F)cc2)NC(=O)N(Cc2cc([N+](=O)[O-])cc3c2OCOC3)C1=O. The first-order valence-corrected chi connectivity index (χ1v) is 9.26. The quantitative estimate of drug-likeness (QED) is 0.457. The van der Waals surface area contributed by atoms with Gasteiger partial charge in [-0.2, -0.15) is 0 Å². The van der Waals surface area contributed by atoms with Crippen LogP contribution in [0.4, 0.5) is 14.9 Å². The van der Waals surface area contributed by atoms with Crippen LogP contribution in [0.15, 0.2) is 36.4 Å². The molecule has 0 unspecified atom stereocenters. The smallest absolute Gasteiger partial charge is 0.325 e. The summed E-state index contributed by atoms with van der Waals surface area (Å²) in [7, 11) is 0. The van der Waals surface area contributed by atoms with Gasteiger partial charge in [0.15, 0.2) is 6.79 Å². The molecule has 0 saturated carbocycles. The van der Waals surface area contributed by atoms with Gasteiger partial charge in [0.2, 0.25) is 0 Å². The van der Waals surface area contributed by atoms with E-state index < -0.39 is 28.2 Å². The molecular formula is C20H18FN3O6. The van der Waals surface area contributed by atoms with Crippen LogP contribution in [0, 0.1) is 15.9 Å². The molecule has 3 amide bonds. The molecule has 2 aromatic rings. The molecule has 2 aliphatic heterocycles. The molecule has 0 bridgehead atoms. The number of imide groups is 1. The van der Waals surface area contributed by atoms with Crippen LogP contribution < -0.4 is 10.1 Å². The van der Waals surface area contributed by atoms with Crippen molar-refractivity contribution in [3.63, 3.8) is 0 Å². The number of non-ortho nitro benzene ring substituents is 1. The van der Waals surface area contributed by atoms with Gasteiger partial charge in [-0.3, -0.25) is 19.8 Å². The lowest BCUT2D eigenvalue weighted by Gasteiger charge is -2.26. The van der Waals surface area contributed by atoms with Gasteiger partial charge in [0.25, 0.3) is 11.6 Å². The van der Waals surface area contributed by atoms with Gasteiger partial charge in [0.05, 0.1) is 18.1 Å². The lowest BCUT2D eigenvalue weighted by molar-refractivity contribution is -0.385. The lowest BCUT2D eigenvalue weighted by atomic mass is 9.87. The van der Waals surface area contributed by atoms with E-state index in [2.05, 4.69) is 5.32 Å². The number of nitrogens with one attached hydrogen (secondary N) is 1. The molecule has 156 valence electrons. The number of nitro groups is 1. The van der Waals surface area contributed by atoms with Gasteiger partial charge >= 0.3 is 6.03 Å². The summed E-state index contributed by atoms with van der Waals surface area (Å²) in [5, 5.41) is 14.0. The molecule has 2 aromatic carbocycles. The molecule has 1 N–H and O–H groups in total. The van der Waals surface area contributed by atoms with Crippen molar-refractivity contribution in [2.45, 2.75) is 32.0 Å². The number of halogens is 1. The Morgan fingerprint density at radius 2 is 2.00 bits per heavy atom. The van der Waals surface area contributed by atoms with Crippen LogP contribution >= 0.6 is 0 Å². The van der Waals surface area contributed by atoms with Crippen LogP contribution in [0.25, 0.3) is 0 Å². The Morgan fingerprint density at radius 1 is 1.27 bits per heavy atom.